The van der Waals surface area contributed by atoms with Gasteiger partial charge in [-0.1, -0.05) is 56.0 Å². The zero-order valence-corrected chi connectivity index (χ0v) is 14.1. The number of benzene rings is 1. The number of nitrogens with zero attached hydrogens (tertiary/aromatic N) is 2. The first-order valence-corrected chi connectivity index (χ1v) is 7.97. The summed E-state index contributed by atoms with van der Waals surface area (Å²) >= 11 is 1.62. The highest BCUT2D eigenvalue weighted by Crippen LogP contribution is 2.22. The van der Waals surface area contributed by atoms with E-state index in [9.17, 15) is 0 Å². The van der Waals surface area contributed by atoms with Crippen LogP contribution in [0.25, 0.3) is 0 Å². The molecule has 2 nitrogen and oxygen atoms in total. The lowest BCUT2D eigenvalue weighted by Crippen LogP contribution is -2.01. The second-order valence-corrected chi connectivity index (χ2v) is 6.13. The van der Waals surface area contributed by atoms with Crippen LogP contribution in [0.1, 0.15) is 26.3 Å². The minimum absolute atomic E-state index is 0.178. The van der Waals surface area contributed by atoms with Crippen LogP contribution in [0.2, 0.25) is 0 Å². The normalized spacial score (nSPS) is 14.2. The number of hydrogen-bond donors (Lipinski definition) is 0. The smallest absolute Gasteiger partial charge is 0.159 e. The molecule has 0 fully saturated rings. The summed E-state index contributed by atoms with van der Waals surface area (Å²) in [6, 6.07) is 8.37. The third kappa shape index (κ3) is 7.09. The van der Waals surface area contributed by atoms with E-state index in [4.69, 9.17) is 0 Å². The average molecular weight is 300 g/mol. The highest BCUT2D eigenvalue weighted by atomic mass is 32.2. The van der Waals surface area contributed by atoms with Crippen molar-refractivity contribution in [1.82, 2.24) is 0 Å². The maximum atomic E-state index is 4.66. The van der Waals surface area contributed by atoms with E-state index in [-0.39, 0.29) is 6.17 Å². The van der Waals surface area contributed by atoms with E-state index in [1.54, 1.807) is 24.1 Å². The molecule has 1 rings (SSSR count). The molecule has 0 spiro atoms. The van der Waals surface area contributed by atoms with Gasteiger partial charge in [0, 0.05) is 4.90 Å². The van der Waals surface area contributed by atoms with Gasteiger partial charge in [-0.25, -0.2) is 4.99 Å². The lowest BCUT2D eigenvalue weighted by molar-refractivity contribution is 0.804. The number of rotatable bonds is 6. The summed E-state index contributed by atoms with van der Waals surface area (Å²) in [4.78, 5) is 10.2. The van der Waals surface area contributed by atoms with Crippen LogP contribution in [0.5, 0.6) is 0 Å². The third-order valence-electron chi connectivity index (χ3n) is 2.62. The summed E-state index contributed by atoms with van der Waals surface area (Å²) in [5.41, 5.74) is 1.24. The van der Waals surface area contributed by atoms with Gasteiger partial charge in [0.15, 0.2) is 6.17 Å². The summed E-state index contributed by atoms with van der Waals surface area (Å²) in [5.74, 6) is 0.492. The lowest BCUT2D eigenvalue weighted by atomic mass is 10.2. The molecule has 0 aliphatic heterocycles. The molecule has 0 radical (unpaired) electrons. The van der Waals surface area contributed by atoms with E-state index >= 15 is 0 Å². The molecule has 1 atom stereocenters. The average Bonchev–Trinajstić information content (AvgIpc) is 2.44. The molecule has 0 amide bonds. The largest absolute Gasteiger partial charge is 0.267 e. The fourth-order valence-electron chi connectivity index (χ4n) is 1.65. The van der Waals surface area contributed by atoms with E-state index in [0.29, 0.717) is 5.92 Å². The molecule has 0 bridgehead atoms. The molecule has 112 valence electrons. The van der Waals surface area contributed by atoms with E-state index in [1.807, 2.05) is 13.0 Å². The second-order valence-electron chi connectivity index (χ2n) is 5.04. The van der Waals surface area contributed by atoms with Crippen molar-refractivity contribution in [1.29, 1.82) is 0 Å². The van der Waals surface area contributed by atoms with Gasteiger partial charge >= 0.3 is 0 Å². The molecule has 3 heteroatoms. The summed E-state index contributed by atoms with van der Waals surface area (Å²) in [6.45, 7) is 12.1. The van der Waals surface area contributed by atoms with Crippen molar-refractivity contribution in [3.63, 3.8) is 0 Å². The Kier molecular flexibility index (Phi) is 7.76. The van der Waals surface area contributed by atoms with E-state index < -0.39 is 0 Å². The minimum Gasteiger partial charge on any atom is -0.267 e. The van der Waals surface area contributed by atoms with Crippen LogP contribution in [0.15, 0.2) is 64.0 Å². The zero-order chi connectivity index (χ0) is 15.7. The van der Waals surface area contributed by atoms with E-state index in [0.717, 1.165) is 5.04 Å². The van der Waals surface area contributed by atoms with Gasteiger partial charge in [0.1, 0.15) is 0 Å². The summed E-state index contributed by atoms with van der Waals surface area (Å²) in [6.07, 6.45) is 7.55. The summed E-state index contributed by atoms with van der Waals surface area (Å²) in [7, 11) is 0. The fraction of sp³-hybridized carbons (Fsp3) is 0.333. The van der Waals surface area contributed by atoms with E-state index in [2.05, 4.69) is 67.7 Å². The number of hydrogen-bond acceptors (Lipinski definition) is 3. The first kappa shape index (κ1) is 17.4. The van der Waals surface area contributed by atoms with Crippen LogP contribution >= 0.6 is 11.8 Å². The molecule has 1 aromatic rings. The molecular weight excluding hydrogens is 276 g/mol. The van der Waals surface area contributed by atoms with Crippen molar-refractivity contribution < 1.29 is 0 Å². The van der Waals surface area contributed by atoms with E-state index in [1.165, 1.54) is 10.5 Å². The predicted octanol–water partition coefficient (Wildman–Crippen LogP) is 5.30. The molecule has 21 heavy (non-hydrogen) atoms. The molecular formula is C18H24N2S. The first-order valence-electron chi connectivity index (χ1n) is 7.16. The Balaban J connectivity index is 2.91. The fourth-order valence-corrected chi connectivity index (χ4v) is 2.53. The van der Waals surface area contributed by atoms with Crippen molar-refractivity contribution in [2.75, 3.05) is 0 Å². The molecule has 0 aliphatic carbocycles. The first-order chi connectivity index (χ1) is 10.0. The van der Waals surface area contributed by atoms with Crippen molar-refractivity contribution in [3.8, 4) is 0 Å². The Hall–Kier alpha value is -1.61. The van der Waals surface area contributed by atoms with Gasteiger partial charge in [0.2, 0.25) is 0 Å². The highest BCUT2D eigenvalue weighted by Gasteiger charge is 2.03. The lowest BCUT2D eigenvalue weighted by Gasteiger charge is -2.07. The highest BCUT2D eigenvalue weighted by molar-refractivity contribution is 8.14. The van der Waals surface area contributed by atoms with Crippen LogP contribution in [0.3, 0.4) is 0 Å². The van der Waals surface area contributed by atoms with Gasteiger partial charge in [-0.2, -0.15) is 0 Å². The predicted molar refractivity (Wildman–Crippen MR) is 96.6 cm³/mol. The zero-order valence-electron chi connectivity index (χ0n) is 13.3. The minimum atomic E-state index is -0.178. The van der Waals surface area contributed by atoms with Crippen LogP contribution in [0.4, 0.5) is 0 Å². The number of aliphatic imine (C=N–C) groups is 2. The second kappa shape index (κ2) is 9.35. The Morgan fingerprint density at radius 3 is 2.62 bits per heavy atom. The molecule has 0 aromatic heterocycles. The van der Waals surface area contributed by atoms with Crippen LogP contribution in [-0.4, -0.2) is 17.4 Å². The van der Waals surface area contributed by atoms with Crippen molar-refractivity contribution >= 4 is 23.0 Å². The monoisotopic (exact) mass is 300 g/mol. The number of thioether (sulfide) groups is 1. The van der Waals surface area contributed by atoms with Gasteiger partial charge in [-0.15, -0.1) is 0 Å². The van der Waals surface area contributed by atoms with Gasteiger partial charge in [0.05, 0.1) is 5.04 Å². The maximum absolute atomic E-state index is 4.66. The Morgan fingerprint density at radius 2 is 2.05 bits per heavy atom. The molecule has 0 heterocycles. The quantitative estimate of drug-likeness (QED) is 0.303. The maximum Gasteiger partial charge on any atom is 0.159 e. The van der Waals surface area contributed by atoms with Crippen molar-refractivity contribution in [2.24, 2.45) is 15.9 Å². The Bertz CT molecular complexity index is 542. The van der Waals surface area contributed by atoms with Gasteiger partial charge in [0.25, 0.3) is 0 Å². The number of aryl methyl sites for hydroxylation is 1. The van der Waals surface area contributed by atoms with Gasteiger partial charge < -0.3 is 0 Å². The molecule has 1 aromatic carbocycles. The standard InChI is InChI=1S/C18H24N2S/c1-6-18(21-16-10-8-9-15(5)13-16)20-17(19-7-2)12-11-14(3)4/h6-14,17H,1H2,2-5H3/b12-11?,19-7+,20-18+. The summed E-state index contributed by atoms with van der Waals surface area (Å²) < 4.78 is 0. The molecule has 0 saturated carbocycles. The molecule has 0 aliphatic rings. The van der Waals surface area contributed by atoms with Crippen LogP contribution in [0, 0.1) is 12.8 Å². The Labute approximate surface area is 132 Å². The summed E-state index contributed by atoms with van der Waals surface area (Å²) in [5, 5.41) is 0.879. The SMILES string of the molecule is C=C/C(=N\C(C=CC(C)C)/N=C/C)Sc1cccc(C)c1. The third-order valence-corrected chi connectivity index (χ3v) is 3.59. The van der Waals surface area contributed by atoms with Gasteiger partial charge in [-0.05, 0) is 50.3 Å². The molecule has 0 N–H and O–H groups in total. The number of allylic oxidation sites excluding steroid dienone is 1. The van der Waals surface area contributed by atoms with Gasteiger partial charge in [-0.3, -0.25) is 4.99 Å². The topological polar surface area (TPSA) is 24.7 Å². The molecule has 0 saturated heterocycles. The van der Waals surface area contributed by atoms with Crippen LogP contribution in [-0.2, 0) is 0 Å². The Morgan fingerprint density at radius 1 is 1.29 bits per heavy atom. The van der Waals surface area contributed by atoms with Crippen LogP contribution < -0.4 is 0 Å². The van der Waals surface area contributed by atoms with Crippen molar-refractivity contribution in [3.05, 3.63) is 54.6 Å². The van der Waals surface area contributed by atoms with Crippen molar-refractivity contribution in [2.45, 2.75) is 38.8 Å². The molecule has 1 unspecified atom stereocenters.